The molecule has 0 aliphatic heterocycles. The summed E-state index contributed by atoms with van der Waals surface area (Å²) >= 11 is 0. The number of benzene rings is 1. The second-order valence-corrected chi connectivity index (χ2v) is 3.17. The van der Waals surface area contributed by atoms with Gasteiger partial charge in [-0.2, -0.15) is 0 Å². The Bertz CT molecular complexity index is 506. The number of nitrogens with zero attached hydrogens (tertiary/aromatic N) is 1. The second-order valence-electron chi connectivity index (χ2n) is 3.17. The standard InChI is InChI=1S/C11H10N2O/c1-7(14)11-6-9(12)8-4-2-3-5-10(8)13-11/h2-6H,1H3,(H2,12,13). The van der Waals surface area contributed by atoms with Crippen LogP contribution in [0.1, 0.15) is 17.4 Å². The minimum Gasteiger partial charge on any atom is -0.398 e. The highest BCUT2D eigenvalue weighted by Gasteiger charge is 2.05. The first kappa shape index (κ1) is 8.69. The quantitative estimate of drug-likeness (QED) is 0.693. The highest BCUT2D eigenvalue weighted by molar-refractivity contribution is 5.99. The van der Waals surface area contributed by atoms with Crippen LogP contribution in [0.2, 0.25) is 0 Å². The van der Waals surface area contributed by atoms with Crippen molar-refractivity contribution in [3.05, 3.63) is 36.0 Å². The fourth-order valence-electron chi connectivity index (χ4n) is 1.38. The molecule has 2 N–H and O–H groups in total. The minimum absolute atomic E-state index is 0.0672. The largest absolute Gasteiger partial charge is 0.398 e. The summed E-state index contributed by atoms with van der Waals surface area (Å²) in [4.78, 5) is 15.3. The number of anilines is 1. The Morgan fingerprint density at radius 2 is 2.07 bits per heavy atom. The number of aromatic nitrogens is 1. The van der Waals surface area contributed by atoms with E-state index in [9.17, 15) is 4.79 Å². The molecule has 14 heavy (non-hydrogen) atoms. The van der Waals surface area contributed by atoms with Gasteiger partial charge in [0.05, 0.1) is 5.52 Å². The maximum absolute atomic E-state index is 11.1. The van der Waals surface area contributed by atoms with Gasteiger partial charge in [0, 0.05) is 18.0 Å². The molecule has 0 amide bonds. The number of ketones is 1. The summed E-state index contributed by atoms with van der Waals surface area (Å²) in [6.45, 7) is 1.48. The molecule has 0 fully saturated rings. The van der Waals surface area contributed by atoms with E-state index in [-0.39, 0.29) is 5.78 Å². The van der Waals surface area contributed by atoms with Crippen molar-refractivity contribution in [3.63, 3.8) is 0 Å². The molecule has 3 heteroatoms. The summed E-state index contributed by atoms with van der Waals surface area (Å²) in [6, 6.07) is 9.12. The molecule has 0 unspecified atom stereocenters. The molecule has 0 bridgehead atoms. The number of Topliss-reactive ketones (excluding diaryl/α,β-unsaturated/α-hetero) is 1. The van der Waals surface area contributed by atoms with Crippen molar-refractivity contribution in [3.8, 4) is 0 Å². The monoisotopic (exact) mass is 186 g/mol. The van der Waals surface area contributed by atoms with Gasteiger partial charge >= 0.3 is 0 Å². The first-order valence-electron chi connectivity index (χ1n) is 4.34. The first-order chi connectivity index (χ1) is 6.68. The van der Waals surface area contributed by atoms with Gasteiger partial charge in [0.15, 0.2) is 5.78 Å². The number of hydrogen-bond donors (Lipinski definition) is 1. The van der Waals surface area contributed by atoms with E-state index in [0.29, 0.717) is 11.4 Å². The lowest BCUT2D eigenvalue weighted by Gasteiger charge is -2.03. The van der Waals surface area contributed by atoms with E-state index in [0.717, 1.165) is 10.9 Å². The van der Waals surface area contributed by atoms with Gasteiger partial charge in [-0.1, -0.05) is 18.2 Å². The zero-order valence-corrected chi connectivity index (χ0v) is 7.82. The van der Waals surface area contributed by atoms with E-state index in [1.54, 1.807) is 6.07 Å². The third-order valence-corrected chi connectivity index (χ3v) is 2.11. The van der Waals surface area contributed by atoms with E-state index < -0.39 is 0 Å². The Morgan fingerprint density at radius 1 is 1.36 bits per heavy atom. The number of nitrogen functional groups attached to an aromatic ring is 1. The summed E-state index contributed by atoms with van der Waals surface area (Å²) < 4.78 is 0. The maximum atomic E-state index is 11.1. The Hall–Kier alpha value is -1.90. The molecule has 0 spiro atoms. The van der Waals surface area contributed by atoms with Crippen LogP contribution in [0.5, 0.6) is 0 Å². The number of pyridine rings is 1. The lowest BCUT2D eigenvalue weighted by molar-refractivity contribution is 0.101. The van der Waals surface area contributed by atoms with Gasteiger partial charge in [-0.05, 0) is 12.1 Å². The van der Waals surface area contributed by atoms with Crippen LogP contribution in [0.15, 0.2) is 30.3 Å². The minimum atomic E-state index is -0.0672. The smallest absolute Gasteiger partial charge is 0.178 e. The molecule has 1 aromatic carbocycles. The Morgan fingerprint density at radius 3 is 2.79 bits per heavy atom. The third kappa shape index (κ3) is 1.33. The van der Waals surface area contributed by atoms with Gasteiger partial charge in [-0.15, -0.1) is 0 Å². The van der Waals surface area contributed by atoms with Gasteiger partial charge in [0.2, 0.25) is 0 Å². The first-order valence-corrected chi connectivity index (χ1v) is 4.34. The topological polar surface area (TPSA) is 56.0 Å². The summed E-state index contributed by atoms with van der Waals surface area (Å²) in [5.41, 5.74) is 7.58. The zero-order chi connectivity index (χ0) is 10.1. The van der Waals surface area contributed by atoms with E-state index >= 15 is 0 Å². The fourth-order valence-corrected chi connectivity index (χ4v) is 1.38. The maximum Gasteiger partial charge on any atom is 0.178 e. The zero-order valence-electron chi connectivity index (χ0n) is 7.82. The highest BCUT2D eigenvalue weighted by Crippen LogP contribution is 2.19. The van der Waals surface area contributed by atoms with E-state index in [1.807, 2.05) is 24.3 Å². The average molecular weight is 186 g/mol. The Labute approximate surface area is 81.6 Å². The van der Waals surface area contributed by atoms with Crippen molar-refractivity contribution in [2.75, 3.05) is 5.73 Å². The molecule has 0 saturated heterocycles. The number of fused-ring (bicyclic) bond motifs is 1. The molecule has 2 rings (SSSR count). The number of hydrogen-bond acceptors (Lipinski definition) is 3. The van der Waals surface area contributed by atoms with Crippen LogP contribution in [0.3, 0.4) is 0 Å². The number of para-hydroxylation sites is 1. The molecule has 3 nitrogen and oxygen atoms in total. The third-order valence-electron chi connectivity index (χ3n) is 2.11. The summed E-state index contributed by atoms with van der Waals surface area (Å²) in [6.07, 6.45) is 0. The normalized spacial score (nSPS) is 10.4. The van der Waals surface area contributed by atoms with E-state index in [4.69, 9.17) is 5.73 Å². The van der Waals surface area contributed by atoms with Crippen LogP contribution in [0.4, 0.5) is 5.69 Å². The molecule has 0 saturated carbocycles. The molecule has 1 heterocycles. The molecular weight excluding hydrogens is 176 g/mol. The molecule has 0 atom stereocenters. The average Bonchev–Trinajstić information content (AvgIpc) is 2.17. The van der Waals surface area contributed by atoms with Crippen molar-refractivity contribution in [1.82, 2.24) is 4.98 Å². The molecule has 1 aromatic heterocycles. The molecule has 0 aliphatic carbocycles. The van der Waals surface area contributed by atoms with Crippen LogP contribution < -0.4 is 5.73 Å². The number of rotatable bonds is 1. The van der Waals surface area contributed by atoms with Gasteiger partial charge in [-0.25, -0.2) is 4.98 Å². The van der Waals surface area contributed by atoms with E-state index in [2.05, 4.69) is 4.98 Å². The fraction of sp³-hybridized carbons (Fsp3) is 0.0909. The van der Waals surface area contributed by atoms with Crippen LogP contribution >= 0.6 is 0 Å². The molecular formula is C11H10N2O. The molecule has 0 radical (unpaired) electrons. The lowest BCUT2D eigenvalue weighted by Crippen LogP contribution is -1.99. The highest BCUT2D eigenvalue weighted by atomic mass is 16.1. The predicted octanol–water partition coefficient (Wildman–Crippen LogP) is 2.02. The van der Waals surface area contributed by atoms with E-state index in [1.165, 1.54) is 6.92 Å². The van der Waals surface area contributed by atoms with Crippen molar-refractivity contribution >= 4 is 22.4 Å². The summed E-state index contributed by atoms with van der Waals surface area (Å²) in [5, 5.41) is 0.887. The summed E-state index contributed by atoms with van der Waals surface area (Å²) in [7, 11) is 0. The van der Waals surface area contributed by atoms with Crippen molar-refractivity contribution in [1.29, 1.82) is 0 Å². The van der Waals surface area contributed by atoms with Gasteiger partial charge in [0.1, 0.15) is 5.69 Å². The molecule has 70 valence electrons. The number of nitrogens with two attached hydrogens (primary N) is 1. The van der Waals surface area contributed by atoms with Gasteiger partial charge in [-0.3, -0.25) is 4.79 Å². The molecule has 0 aliphatic rings. The van der Waals surface area contributed by atoms with Crippen molar-refractivity contribution in [2.24, 2.45) is 0 Å². The van der Waals surface area contributed by atoms with Crippen LogP contribution in [-0.2, 0) is 0 Å². The summed E-state index contributed by atoms with van der Waals surface area (Å²) in [5.74, 6) is -0.0672. The Balaban J connectivity index is 2.78. The van der Waals surface area contributed by atoms with Crippen molar-refractivity contribution in [2.45, 2.75) is 6.92 Å². The SMILES string of the molecule is CC(=O)c1cc(N)c2ccccc2n1. The number of carbonyl (C=O) groups excluding carboxylic acids is 1. The van der Waals surface area contributed by atoms with Crippen LogP contribution in [0.25, 0.3) is 10.9 Å². The van der Waals surface area contributed by atoms with Crippen molar-refractivity contribution < 1.29 is 4.79 Å². The number of carbonyl (C=O) groups is 1. The van der Waals surface area contributed by atoms with Crippen LogP contribution in [0, 0.1) is 0 Å². The Kier molecular flexibility index (Phi) is 1.93. The predicted molar refractivity (Wildman–Crippen MR) is 56.2 cm³/mol. The molecule has 2 aromatic rings. The lowest BCUT2D eigenvalue weighted by atomic mass is 10.1. The van der Waals surface area contributed by atoms with Gasteiger partial charge < -0.3 is 5.73 Å². The van der Waals surface area contributed by atoms with Gasteiger partial charge in [0.25, 0.3) is 0 Å². The van der Waals surface area contributed by atoms with Crippen LogP contribution in [-0.4, -0.2) is 10.8 Å². The second kappa shape index (κ2) is 3.10.